The van der Waals surface area contributed by atoms with Gasteiger partial charge in [-0.3, -0.25) is 0 Å². The Morgan fingerprint density at radius 1 is 1.36 bits per heavy atom. The minimum Gasteiger partial charge on any atom is -0.481 e. The average Bonchev–Trinajstić information content (AvgIpc) is 2.50. The van der Waals surface area contributed by atoms with Crippen LogP contribution in [0.5, 0.6) is 5.88 Å². The van der Waals surface area contributed by atoms with Crippen molar-refractivity contribution in [2.45, 2.75) is 39.0 Å². The standard InChI is InChI=1S/C18H20N2O2/c1-17(2)13-8-6-11-7-9-14(22-5)20-15(11)18(13,3)10-12(19-4)16(17)21/h7,9-10,13H,6,8H2,1-3,5H3/t13-,18-/m0/s1. The molecule has 0 radical (unpaired) electrons. The SMILES string of the molecule is [C-]#[N+]C1=C[C@]2(C)c3nc(OC)ccc3CC[C@H]2C(C)(C)C1=O. The van der Waals surface area contributed by atoms with Gasteiger partial charge in [0.2, 0.25) is 11.6 Å². The van der Waals surface area contributed by atoms with Crippen LogP contribution in [0.25, 0.3) is 4.85 Å². The fourth-order valence-electron chi connectivity index (χ4n) is 4.22. The number of methoxy groups -OCH3 is 1. The normalized spacial score (nSPS) is 29.0. The third-order valence-corrected chi connectivity index (χ3v) is 5.34. The Hall–Kier alpha value is -2.15. The number of aryl methyl sites for hydroxylation is 1. The quantitative estimate of drug-likeness (QED) is 0.747. The Morgan fingerprint density at radius 2 is 2.09 bits per heavy atom. The first-order valence-electron chi connectivity index (χ1n) is 7.54. The molecule has 4 nitrogen and oxygen atoms in total. The molecule has 0 amide bonds. The minimum atomic E-state index is -0.550. The van der Waals surface area contributed by atoms with Crippen LogP contribution in [-0.2, 0) is 16.6 Å². The predicted molar refractivity (Wildman–Crippen MR) is 83.4 cm³/mol. The summed E-state index contributed by atoms with van der Waals surface area (Å²) in [5.41, 5.74) is 1.42. The monoisotopic (exact) mass is 296 g/mol. The molecule has 0 aliphatic heterocycles. The second-order valence-electron chi connectivity index (χ2n) is 6.93. The van der Waals surface area contributed by atoms with Gasteiger partial charge in [0, 0.05) is 16.9 Å². The van der Waals surface area contributed by atoms with Crippen molar-refractivity contribution in [1.82, 2.24) is 4.98 Å². The van der Waals surface area contributed by atoms with E-state index in [1.54, 1.807) is 7.11 Å². The smallest absolute Gasteiger partial charge is 0.226 e. The molecule has 3 rings (SSSR count). The highest BCUT2D eigenvalue weighted by Crippen LogP contribution is 2.54. The van der Waals surface area contributed by atoms with Crippen molar-refractivity contribution in [3.8, 4) is 5.88 Å². The lowest BCUT2D eigenvalue weighted by molar-refractivity contribution is -0.128. The van der Waals surface area contributed by atoms with Gasteiger partial charge in [0.25, 0.3) is 0 Å². The highest BCUT2D eigenvalue weighted by molar-refractivity contribution is 6.02. The highest BCUT2D eigenvalue weighted by atomic mass is 16.5. The molecule has 0 spiro atoms. The number of carbonyl (C=O) groups excluding carboxylic acids is 1. The summed E-state index contributed by atoms with van der Waals surface area (Å²) in [5, 5.41) is 0. The molecule has 2 aliphatic carbocycles. The van der Waals surface area contributed by atoms with Crippen LogP contribution in [0.2, 0.25) is 0 Å². The first kappa shape index (κ1) is 14.8. The summed E-state index contributed by atoms with van der Waals surface area (Å²) in [6, 6.07) is 3.93. The van der Waals surface area contributed by atoms with Gasteiger partial charge in [-0.05, 0) is 24.3 Å². The van der Waals surface area contributed by atoms with Crippen LogP contribution in [0.1, 0.15) is 38.4 Å². The van der Waals surface area contributed by atoms with Gasteiger partial charge in [0.15, 0.2) is 5.78 Å². The zero-order chi connectivity index (χ0) is 16.1. The number of rotatable bonds is 1. The molecule has 0 saturated carbocycles. The molecule has 4 heteroatoms. The third-order valence-electron chi connectivity index (χ3n) is 5.34. The molecule has 1 aromatic rings. The molecule has 0 saturated heterocycles. The summed E-state index contributed by atoms with van der Waals surface area (Å²) in [4.78, 5) is 20.7. The maximum atomic E-state index is 12.6. The van der Waals surface area contributed by atoms with E-state index < -0.39 is 10.8 Å². The molecule has 2 aliphatic rings. The van der Waals surface area contributed by atoms with Crippen LogP contribution in [-0.4, -0.2) is 17.9 Å². The number of nitrogens with zero attached hydrogens (tertiary/aromatic N) is 2. The second kappa shape index (κ2) is 4.67. The molecule has 114 valence electrons. The zero-order valence-corrected chi connectivity index (χ0v) is 13.4. The van der Waals surface area contributed by atoms with Crippen molar-refractivity contribution in [3.63, 3.8) is 0 Å². The Bertz CT molecular complexity index is 727. The van der Waals surface area contributed by atoms with Gasteiger partial charge >= 0.3 is 0 Å². The second-order valence-corrected chi connectivity index (χ2v) is 6.93. The van der Waals surface area contributed by atoms with Crippen molar-refractivity contribution < 1.29 is 9.53 Å². The molecule has 1 heterocycles. The van der Waals surface area contributed by atoms with Gasteiger partial charge in [0.05, 0.1) is 19.4 Å². The summed E-state index contributed by atoms with van der Waals surface area (Å²) in [5.74, 6) is 0.675. The van der Waals surface area contributed by atoms with E-state index in [-0.39, 0.29) is 17.4 Å². The first-order chi connectivity index (χ1) is 10.3. The Balaban J connectivity index is 2.27. The molecule has 0 aromatic carbocycles. The summed E-state index contributed by atoms with van der Waals surface area (Å²) in [6.45, 7) is 13.4. The Kier molecular flexibility index (Phi) is 3.14. The van der Waals surface area contributed by atoms with Gasteiger partial charge in [-0.2, -0.15) is 0 Å². The predicted octanol–water partition coefficient (Wildman–Crippen LogP) is 3.32. The molecule has 1 aromatic heterocycles. The van der Waals surface area contributed by atoms with E-state index in [2.05, 4.69) is 22.8 Å². The largest absolute Gasteiger partial charge is 0.481 e. The lowest BCUT2D eigenvalue weighted by Crippen LogP contribution is -2.51. The van der Waals surface area contributed by atoms with Gasteiger partial charge in [-0.15, -0.1) is 0 Å². The van der Waals surface area contributed by atoms with Crippen LogP contribution < -0.4 is 4.74 Å². The maximum Gasteiger partial charge on any atom is 0.226 e. The van der Waals surface area contributed by atoms with Gasteiger partial charge < -0.3 is 9.53 Å². The minimum absolute atomic E-state index is 0.0451. The van der Waals surface area contributed by atoms with E-state index in [1.807, 2.05) is 26.0 Å². The number of carbonyl (C=O) groups is 1. The molecule has 2 atom stereocenters. The van der Waals surface area contributed by atoms with E-state index in [9.17, 15) is 4.79 Å². The van der Waals surface area contributed by atoms with Gasteiger partial charge in [-0.1, -0.05) is 32.9 Å². The first-order valence-corrected chi connectivity index (χ1v) is 7.54. The van der Waals surface area contributed by atoms with Crippen LogP contribution in [0.15, 0.2) is 23.9 Å². The number of allylic oxidation sites excluding steroid dienone is 2. The molecule has 0 fully saturated rings. The van der Waals surface area contributed by atoms with Crippen molar-refractivity contribution >= 4 is 5.78 Å². The van der Waals surface area contributed by atoms with Gasteiger partial charge in [-0.25, -0.2) is 9.83 Å². The molecule has 22 heavy (non-hydrogen) atoms. The molecular weight excluding hydrogens is 276 g/mol. The lowest BCUT2D eigenvalue weighted by atomic mass is 9.53. The Morgan fingerprint density at radius 3 is 2.73 bits per heavy atom. The van der Waals surface area contributed by atoms with E-state index in [4.69, 9.17) is 11.3 Å². The number of hydrogen-bond donors (Lipinski definition) is 0. The summed E-state index contributed by atoms with van der Waals surface area (Å²) in [7, 11) is 1.60. The van der Waals surface area contributed by atoms with E-state index in [0.717, 1.165) is 18.5 Å². The fourth-order valence-corrected chi connectivity index (χ4v) is 4.22. The third kappa shape index (κ3) is 1.81. The fraction of sp³-hybridized carbons (Fsp3) is 0.500. The highest BCUT2D eigenvalue weighted by Gasteiger charge is 2.54. The average molecular weight is 296 g/mol. The summed E-state index contributed by atoms with van der Waals surface area (Å²) in [6.07, 6.45) is 3.67. The van der Waals surface area contributed by atoms with Crippen LogP contribution >= 0.6 is 0 Å². The zero-order valence-electron chi connectivity index (χ0n) is 13.4. The van der Waals surface area contributed by atoms with Crippen molar-refractivity contribution in [2.24, 2.45) is 11.3 Å². The number of aromatic nitrogens is 1. The lowest BCUT2D eigenvalue weighted by Gasteiger charge is -2.50. The molecule has 0 bridgehead atoms. The molecule has 0 unspecified atom stereocenters. The van der Waals surface area contributed by atoms with Crippen molar-refractivity contribution in [2.75, 3.05) is 7.11 Å². The topological polar surface area (TPSA) is 43.5 Å². The van der Waals surface area contributed by atoms with Crippen LogP contribution in [0, 0.1) is 17.9 Å². The van der Waals surface area contributed by atoms with Crippen molar-refractivity contribution in [1.29, 1.82) is 0 Å². The maximum absolute atomic E-state index is 12.6. The van der Waals surface area contributed by atoms with E-state index >= 15 is 0 Å². The Labute approximate surface area is 131 Å². The molecule has 0 N–H and O–H groups in total. The van der Waals surface area contributed by atoms with Gasteiger partial charge in [0.1, 0.15) is 0 Å². The van der Waals surface area contributed by atoms with Crippen molar-refractivity contribution in [3.05, 3.63) is 46.6 Å². The number of hydrogen-bond acceptors (Lipinski definition) is 3. The number of ether oxygens (including phenoxy) is 1. The summed E-state index contributed by atoms with van der Waals surface area (Å²) >= 11 is 0. The van der Waals surface area contributed by atoms with E-state index in [1.165, 1.54) is 5.56 Å². The number of pyridine rings is 1. The van der Waals surface area contributed by atoms with Crippen LogP contribution in [0.4, 0.5) is 0 Å². The number of fused-ring (bicyclic) bond motifs is 3. The van der Waals surface area contributed by atoms with E-state index in [0.29, 0.717) is 5.88 Å². The summed E-state index contributed by atoms with van der Waals surface area (Å²) < 4.78 is 5.27. The molecular formula is C18H20N2O2. The van der Waals surface area contributed by atoms with Crippen LogP contribution in [0.3, 0.4) is 0 Å². The number of Topliss-reactive ketones (excluding diaryl/α,β-unsaturated/α-hetero) is 1. The number of ketones is 1.